The van der Waals surface area contributed by atoms with Crippen LogP contribution in [-0.2, 0) is 0 Å². The summed E-state index contributed by atoms with van der Waals surface area (Å²) >= 11 is 0. The molecule has 0 unspecified atom stereocenters. The van der Waals surface area contributed by atoms with Gasteiger partial charge in [0, 0.05) is 32.1 Å². The van der Waals surface area contributed by atoms with E-state index in [2.05, 4.69) is 34.3 Å². The number of nitrogens with zero attached hydrogens (tertiary/aromatic N) is 4. The van der Waals surface area contributed by atoms with E-state index in [1.165, 1.54) is 0 Å². The molecule has 0 saturated carbocycles. The van der Waals surface area contributed by atoms with Crippen molar-refractivity contribution >= 4 is 11.7 Å². The monoisotopic (exact) mass is 343 g/mol. The Morgan fingerprint density at radius 1 is 1.40 bits per heavy atom. The molecule has 1 aromatic carbocycles. The number of anilines is 1. The summed E-state index contributed by atoms with van der Waals surface area (Å²) in [5, 5.41) is 6.95. The van der Waals surface area contributed by atoms with E-state index in [0.717, 1.165) is 25.1 Å². The molecular weight excluding hydrogens is 318 g/mol. The molecule has 2 heterocycles. The number of nitrogens with one attached hydrogen (secondary N) is 1. The van der Waals surface area contributed by atoms with Gasteiger partial charge in [0.15, 0.2) is 0 Å². The number of carbonyl (C=O) groups is 1. The molecule has 2 amide bonds. The van der Waals surface area contributed by atoms with Gasteiger partial charge in [0.25, 0.3) is 0 Å². The van der Waals surface area contributed by atoms with Gasteiger partial charge >= 0.3 is 6.03 Å². The van der Waals surface area contributed by atoms with Gasteiger partial charge in [0.1, 0.15) is 0 Å². The van der Waals surface area contributed by atoms with Crippen molar-refractivity contribution in [3.8, 4) is 11.4 Å². The highest BCUT2D eigenvalue weighted by Crippen LogP contribution is 2.26. The molecule has 1 aliphatic heterocycles. The van der Waals surface area contributed by atoms with Crippen LogP contribution in [0.5, 0.6) is 0 Å². The van der Waals surface area contributed by atoms with Crippen molar-refractivity contribution < 1.29 is 9.32 Å². The van der Waals surface area contributed by atoms with Crippen LogP contribution in [0.4, 0.5) is 10.5 Å². The zero-order chi connectivity index (χ0) is 18.0. The molecule has 1 aromatic heterocycles. The van der Waals surface area contributed by atoms with Gasteiger partial charge < -0.3 is 19.6 Å². The third-order valence-electron chi connectivity index (χ3n) is 4.82. The molecule has 0 spiro atoms. The number of benzene rings is 1. The first-order valence-corrected chi connectivity index (χ1v) is 8.57. The van der Waals surface area contributed by atoms with Crippen LogP contribution < -0.4 is 5.32 Å². The summed E-state index contributed by atoms with van der Waals surface area (Å²) in [6.07, 6.45) is 0.979. The molecule has 7 nitrogen and oxygen atoms in total. The lowest BCUT2D eigenvalue weighted by atomic mass is 9.93. The van der Waals surface area contributed by atoms with E-state index in [0.29, 0.717) is 23.3 Å². The van der Waals surface area contributed by atoms with Gasteiger partial charge in [-0.25, -0.2) is 4.79 Å². The number of urea groups is 1. The molecule has 0 aliphatic carbocycles. The van der Waals surface area contributed by atoms with E-state index in [4.69, 9.17) is 4.52 Å². The van der Waals surface area contributed by atoms with Crippen LogP contribution in [0.25, 0.3) is 11.4 Å². The first-order chi connectivity index (χ1) is 12.0. The molecule has 1 fully saturated rings. The minimum atomic E-state index is -0.117. The molecule has 1 N–H and O–H groups in total. The second-order valence-corrected chi connectivity index (χ2v) is 6.82. The quantitative estimate of drug-likeness (QED) is 0.927. The fourth-order valence-electron chi connectivity index (χ4n) is 3.47. The number of hydrogen-bond acceptors (Lipinski definition) is 5. The van der Waals surface area contributed by atoms with E-state index < -0.39 is 0 Å². The third-order valence-corrected chi connectivity index (χ3v) is 4.82. The maximum absolute atomic E-state index is 12.8. The van der Waals surface area contributed by atoms with E-state index in [9.17, 15) is 4.79 Å². The molecular formula is C18H25N5O2. The van der Waals surface area contributed by atoms with E-state index in [1.807, 2.05) is 36.2 Å². The minimum Gasteiger partial charge on any atom is -0.339 e. The SMILES string of the molecule is Cc1nc(-c2ccccc2NC(=O)N(C)[C@@H]2CCN(C)C[C@H]2C)no1. The molecule has 1 aliphatic rings. The number of carbonyl (C=O) groups excluding carboxylic acids is 1. The first-order valence-electron chi connectivity index (χ1n) is 8.57. The highest BCUT2D eigenvalue weighted by molar-refractivity contribution is 5.93. The predicted octanol–water partition coefficient (Wildman–Crippen LogP) is 2.85. The van der Waals surface area contributed by atoms with Crippen molar-refractivity contribution in [2.45, 2.75) is 26.3 Å². The Hall–Kier alpha value is -2.41. The molecule has 134 valence electrons. The largest absolute Gasteiger partial charge is 0.339 e. The third kappa shape index (κ3) is 3.82. The van der Waals surface area contributed by atoms with E-state index in [1.54, 1.807) is 6.92 Å². The molecule has 25 heavy (non-hydrogen) atoms. The number of aromatic nitrogens is 2. The summed E-state index contributed by atoms with van der Waals surface area (Å²) in [6.45, 7) is 5.94. The summed E-state index contributed by atoms with van der Waals surface area (Å²) < 4.78 is 5.06. The van der Waals surface area contributed by atoms with Gasteiger partial charge in [0.2, 0.25) is 11.7 Å². The Balaban J connectivity index is 1.75. The standard InChI is InChI=1S/C18H25N5O2/c1-12-11-22(3)10-9-16(12)23(4)18(24)20-15-8-6-5-7-14(15)17-19-13(2)25-21-17/h5-8,12,16H,9-11H2,1-4H3,(H,20,24)/t12-,16-/m1/s1. The first kappa shape index (κ1) is 17.4. The molecule has 2 aromatic rings. The summed E-state index contributed by atoms with van der Waals surface area (Å²) in [5.74, 6) is 1.40. The Morgan fingerprint density at radius 3 is 2.84 bits per heavy atom. The fourth-order valence-corrected chi connectivity index (χ4v) is 3.47. The highest BCUT2D eigenvalue weighted by atomic mass is 16.5. The van der Waals surface area contributed by atoms with Gasteiger partial charge in [-0.2, -0.15) is 4.98 Å². The molecule has 2 atom stereocenters. The number of likely N-dealkylation sites (tertiary alicyclic amines) is 1. The van der Waals surface area contributed by atoms with Crippen molar-refractivity contribution in [3.63, 3.8) is 0 Å². The zero-order valence-electron chi connectivity index (χ0n) is 15.2. The Kier molecular flexibility index (Phi) is 5.03. The fraction of sp³-hybridized carbons (Fsp3) is 0.500. The average molecular weight is 343 g/mol. The Labute approximate surface area is 148 Å². The zero-order valence-corrected chi connectivity index (χ0v) is 15.2. The van der Waals surface area contributed by atoms with Crippen LogP contribution >= 0.6 is 0 Å². The Bertz CT molecular complexity index is 745. The molecule has 7 heteroatoms. The maximum Gasteiger partial charge on any atom is 0.321 e. The van der Waals surface area contributed by atoms with Gasteiger partial charge in [0.05, 0.1) is 5.69 Å². The second-order valence-electron chi connectivity index (χ2n) is 6.82. The number of para-hydroxylation sites is 1. The normalized spacial score (nSPS) is 21.1. The number of aryl methyl sites for hydroxylation is 1. The van der Waals surface area contributed by atoms with Crippen LogP contribution in [-0.4, -0.2) is 59.2 Å². The lowest BCUT2D eigenvalue weighted by Gasteiger charge is -2.39. The smallest absolute Gasteiger partial charge is 0.321 e. The van der Waals surface area contributed by atoms with Crippen LogP contribution in [0.15, 0.2) is 28.8 Å². The maximum atomic E-state index is 12.8. The predicted molar refractivity (Wildman–Crippen MR) is 96.3 cm³/mol. The topological polar surface area (TPSA) is 74.5 Å². The second kappa shape index (κ2) is 7.23. The lowest BCUT2D eigenvalue weighted by Crippen LogP contribution is -2.50. The number of rotatable bonds is 3. The van der Waals surface area contributed by atoms with Crippen LogP contribution in [0.2, 0.25) is 0 Å². The highest BCUT2D eigenvalue weighted by Gasteiger charge is 2.30. The lowest BCUT2D eigenvalue weighted by molar-refractivity contribution is 0.113. The summed E-state index contributed by atoms with van der Waals surface area (Å²) in [6, 6.07) is 7.61. The summed E-state index contributed by atoms with van der Waals surface area (Å²) in [7, 11) is 3.98. The van der Waals surface area contributed by atoms with E-state index in [-0.39, 0.29) is 12.1 Å². The number of hydrogen-bond donors (Lipinski definition) is 1. The van der Waals surface area contributed by atoms with Crippen molar-refractivity contribution in [2.75, 3.05) is 32.5 Å². The minimum absolute atomic E-state index is 0.117. The molecule has 0 bridgehead atoms. The van der Waals surface area contributed by atoms with Crippen molar-refractivity contribution in [2.24, 2.45) is 5.92 Å². The summed E-state index contributed by atoms with van der Waals surface area (Å²) in [4.78, 5) is 21.1. The van der Waals surface area contributed by atoms with Crippen molar-refractivity contribution in [1.82, 2.24) is 19.9 Å². The summed E-state index contributed by atoms with van der Waals surface area (Å²) in [5.41, 5.74) is 1.43. The van der Waals surface area contributed by atoms with Gasteiger partial charge in [-0.1, -0.05) is 24.2 Å². The number of amides is 2. The van der Waals surface area contributed by atoms with Crippen LogP contribution in [0, 0.1) is 12.8 Å². The molecule has 3 rings (SSSR count). The van der Waals surface area contributed by atoms with Crippen LogP contribution in [0.1, 0.15) is 19.2 Å². The van der Waals surface area contributed by atoms with Crippen LogP contribution in [0.3, 0.4) is 0 Å². The van der Waals surface area contributed by atoms with Crippen molar-refractivity contribution in [1.29, 1.82) is 0 Å². The van der Waals surface area contributed by atoms with Crippen molar-refractivity contribution in [3.05, 3.63) is 30.2 Å². The molecule has 1 saturated heterocycles. The number of piperidine rings is 1. The van der Waals surface area contributed by atoms with Gasteiger partial charge in [-0.15, -0.1) is 0 Å². The Morgan fingerprint density at radius 2 is 2.16 bits per heavy atom. The van der Waals surface area contributed by atoms with E-state index >= 15 is 0 Å². The average Bonchev–Trinajstić information content (AvgIpc) is 3.01. The van der Waals surface area contributed by atoms with Gasteiger partial charge in [-0.05, 0) is 38.1 Å². The molecule has 0 radical (unpaired) electrons. The van der Waals surface area contributed by atoms with Gasteiger partial charge in [-0.3, -0.25) is 0 Å².